The molecule has 0 aliphatic carbocycles. The summed E-state index contributed by atoms with van der Waals surface area (Å²) in [4.78, 5) is 0. The van der Waals surface area contributed by atoms with Crippen LogP contribution in [0.2, 0.25) is 0 Å². The summed E-state index contributed by atoms with van der Waals surface area (Å²) in [5.41, 5.74) is 13.0. The minimum absolute atomic E-state index is 0.585. The Labute approximate surface area is 115 Å². The van der Waals surface area contributed by atoms with Gasteiger partial charge in [0, 0.05) is 6.54 Å². The SMILES string of the molecule is COc1cc(C)c(-c2ccc(CN)cc2C)cc1C. The van der Waals surface area contributed by atoms with Gasteiger partial charge in [0.1, 0.15) is 5.75 Å². The molecular formula is C17H21NO. The first-order chi connectivity index (χ1) is 9.06. The molecule has 0 saturated carbocycles. The van der Waals surface area contributed by atoms with E-state index >= 15 is 0 Å². The third-order valence-corrected chi connectivity index (χ3v) is 3.56. The van der Waals surface area contributed by atoms with E-state index in [1.807, 2.05) is 0 Å². The number of benzene rings is 2. The number of hydrogen-bond acceptors (Lipinski definition) is 2. The van der Waals surface area contributed by atoms with Crippen molar-refractivity contribution in [2.75, 3.05) is 7.11 Å². The van der Waals surface area contributed by atoms with Crippen LogP contribution in [0.4, 0.5) is 0 Å². The summed E-state index contributed by atoms with van der Waals surface area (Å²) in [6, 6.07) is 10.7. The summed E-state index contributed by atoms with van der Waals surface area (Å²) in [7, 11) is 1.71. The highest BCUT2D eigenvalue weighted by atomic mass is 16.5. The topological polar surface area (TPSA) is 35.2 Å². The number of nitrogens with two attached hydrogens (primary N) is 1. The van der Waals surface area contributed by atoms with E-state index in [0.29, 0.717) is 6.54 Å². The van der Waals surface area contributed by atoms with Gasteiger partial charge in [-0.15, -0.1) is 0 Å². The molecule has 2 aromatic rings. The van der Waals surface area contributed by atoms with Crippen LogP contribution in [-0.4, -0.2) is 7.11 Å². The van der Waals surface area contributed by atoms with Crippen LogP contribution in [-0.2, 0) is 6.54 Å². The zero-order chi connectivity index (χ0) is 14.0. The van der Waals surface area contributed by atoms with E-state index in [2.05, 4.69) is 51.1 Å². The Morgan fingerprint density at radius 1 is 0.895 bits per heavy atom. The van der Waals surface area contributed by atoms with E-state index in [0.717, 1.165) is 11.3 Å². The van der Waals surface area contributed by atoms with Crippen LogP contribution in [0.5, 0.6) is 5.75 Å². The molecule has 0 aromatic heterocycles. The molecule has 2 nitrogen and oxygen atoms in total. The van der Waals surface area contributed by atoms with Gasteiger partial charge in [0.15, 0.2) is 0 Å². The van der Waals surface area contributed by atoms with Gasteiger partial charge in [-0.05, 0) is 66.3 Å². The van der Waals surface area contributed by atoms with Gasteiger partial charge in [0.2, 0.25) is 0 Å². The Morgan fingerprint density at radius 3 is 2.16 bits per heavy atom. The lowest BCUT2D eigenvalue weighted by Gasteiger charge is -2.14. The van der Waals surface area contributed by atoms with Gasteiger partial charge in [-0.1, -0.05) is 18.2 Å². The molecule has 0 atom stereocenters. The molecular weight excluding hydrogens is 234 g/mol. The molecule has 0 saturated heterocycles. The smallest absolute Gasteiger partial charge is 0.122 e. The average molecular weight is 255 g/mol. The van der Waals surface area contributed by atoms with E-state index in [1.54, 1.807) is 7.11 Å². The first-order valence-corrected chi connectivity index (χ1v) is 6.52. The molecule has 2 heteroatoms. The van der Waals surface area contributed by atoms with E-state index in [4.69, 9.17) is 10.5 Å². The van der Waals surface area contributed by atoms with E-state index in [9.17, 15) is 0 Å². The summed E-state index contributed by atoms with van der Waals surface area (Å²) in [6.45, 7) is 6.91. The number of hydrogen-bond donors (Lipinski definition) is 1. The fourth-order valence-electron chi connectivity index (χ4n) is 2.45. The first-order valence-electron chi connectivity index (χ1n) is 6.52. The molecule has 2 rings (SSSR count). The Morgan fingerprint density at radius 2 is 1.58 bits per heavy atom. The van der Waals surface area contributed by atoms with Crippen LogP contribution in [0.3, 0.4) is 0 Å². The van der Waals surface area contributed by atoms with E-state index < -0.39 is 0 Å². The molecule has 19 heavy (non-hydrogen) atoms. The molecule has 100 valence electrons. The third kappa shape index (κ3) is 2.64. The second-order valence-electron chi connectivity index (χ2n) is 4.99. The van der Waals surface area contributed by atoms with Crippen molar-refractivity contribution in [2.24, 2.45) is 5.73 Å². The van der Waals surface area contributed by atoms with E-state index in [1.165, 1.54) is 27.8 Å². The zero-order valence-corrected chi connectivity index (χ0v) is 12.1. The largest absolute Gasteiger partial charge is 0.496 e. The van der Waals surface area contributed by atoms with Crippen LogP contribution in [0.1, 0.15) is 22.3 Å². The molecule has 0 bridgehead atoms. The lowest BCUT2D eigenvalue weighted by molar-refractivity contribution is 0.411. The van der Waals surface area contributed by atoms with Gasteiger partial charge in [-0.2, -0.15) is 0 Å². The van der Waals surface area contributed by atoms with Crippen molar-refractivity contribution >= 4 is 0 Å². The first kappa shape index (κ1) is 13.6. The second kappa shape index (κ2) is 5.45. The minimum Gasteiger partial charge on any atom is -0.496 e. The minimum atomic E-state index is 0.585. The quantitative estimate of drug-likeness (QED) is 0.906. The number of aryl methyl sites for hydroxylation is 3. The number of methoxy groups -OCH3 is 1. The molecule has 0 fully saturated rings. The molecule has 2 N–H and O–H groups in total. The van der Waals surface area contributed by atoms with Gasteiger partial charge in [-0.25, -0.2) is 0 Å². The predicted octanol–water partition coefficient (Wildman–Crippen LogP) is 3.75. The Kier molecular flexibility index (Phi) is 3.91. The summed E-state index contributed by atoms with van der Waals surface area (Å²) >= 11 is 0. The number of rotatable bonds is 3. The van der Waals surface area contributed by atoms with Crippen LogP contribution in [0.15, 0.2) is 30.3 Å². The Balaban J connectivity index is 2.56. The van der Waals surface area contributed by atoms with Crippen molar-refractivity contribution in [1.82, 2.24) is 0 Å². The Hall–Kier alpha value is -1.80. The van der Waals surface area contributed by atoms with Gasteiger partial charge in [0.25, 0.3) is 0 Å². The highest BCUT2D eigenvalue weighted by molar-refractivity contribution is 5.72. The summed E-state index contributed by atoms with van der Waals surface area (Å²) < 4.78 is 5.37. The van der Waals surface area contributed by atoms with E-state index in [-0.39, 0.29) is 0 Å². The van der Waals surface area contributed by atoms with Crippen LogP contribution in [0.25, 0.3) is 11.1 Å². The normalized spacial score (nSPS) is 10.6. The lowest BCUT2D eigenvalue weighted by atomic mass is 9.93. The molecule has 2 aromatic carbocycles. The van der Waals surface area contributed by atoms with Crippen molar-refractivity contribution in [2.45, 2.75) is 27.3 Å². The van der Waals surface area contributed by atoms with Crippen LogP contribution in [0, 0.1) is 20.8 Å². The monoisotopic (exact) mass is 255 g/mol. The van der Waals surface area contributed by atoms with Crippen molar-refractivity contribution in [1.29, 1.82) is 0 Å². The van der Waals surface area contributed by atoms with Crippen LogP contribution >= 0.6 is 0 Å². The molecule has 0 radical (unpaired) electrons. The predicted molar refractivity (Wildman–Crippen MR) is 80.5 cm³/mol. The fourth-order valence-corrected chi connectivity index (χ4v) is 2.45. The molecule has 0 aliphatic rings. The van der Waals surface area contributed by atoms with Crippen molar-refractivity contribution in [3.05, 3.63) is 52.6 Å². The molecule has 0 unspecified atom stereocenters. The van der Waals surface area contributed by atoms with Gasteiger partial charge in [-0.3, -0.25) is 0 Å². The highest BCUT2D eigenvalue weighted by Gasteiger charge is 2.09. The van der Waals surface area contributed by atoms with Gasteiger partial charge in [0.05, 0.1) is 7.11 Å². The summed E-state index contributed by atoms with van der Waals surface area (Å²) in [5.74, 6) is 0.942. The summed E-state index contributed by atoms with van der Waals surface area (Å²) in [6.07, 6.45) is 0. The third-order valence-electron chi connectivity index (χ3n) is 3.56. The Bertz CT molecular complexity index is 602. The zero-order valence-electron chi connectivity index (χ0n) is 12.1. The number of ether oxygens (including phenoxy) is 1. The maximum Gasteiger partial charge on any atom is 0.122 e. The van der Waals surface area contributed by atoms with Crippen molar-refractivity contribution in [3.8, 4) is 16.9 Å². The molecule has 0 spiro atoms. The van der Waals surface area contributed by atoms with Gasteiger partial charge < -0.3 is 10.5 Å². The maximum absolute atomic E-state index is 5.68. The summed E-state index contributed by atoms with van der Waals surface area (Å²) in [5, 5.41) is 0. The standard InChI is InChI=1S/C17H21NO/c1-11-7-14(10-18)5-6-15(11)16-8-13(3)17(19-4)9-12(16)2/h5-9H,10,18H2,1-4H3. The van der Waals surface area contributed by atoms with Crippen molar-refractivity contribution in [3.63, 3.8) is 0 Å². The maximum atomic E-state index is 5.68. The van der Waals surface area contributed by atoms with Crippen molar-refractivity contribution < 1.29 is 4.74 Å². The molecule has 0 aliphatic heterocycles. The second-order valence-corrected chi connectivity index (χ2v) is 4.99. The lowest BCUT2D eigenvalue weighted by Crippen LogP contribution is -1.98. The fraction of sp³-hybridized carbons (Fsp3) is 0.294. The average Bonchev–Trinajstić information content (AvgIpc) is 2.41. The highest BCUT2D eigenvalue weighted by Crippen LogP contribution is 2.32. The molecule has 0 heterocycles. The molecule has 0 amide bonds. The van der Waals surface area contributed by atoms with Crippen LogP contribution < -0.4 is 10.5 Å². The van der Waals surface area contributed by atoms with Gasteiger partial charge >= 0.3 is 0 Å².